The van der Waals surface area contributed by atoms with Crippen molar-refractivity contribution in [2.75, 3.05) is 0 Å². The van der Waals surface area contributed by atoms with Crippen molar-refractivity contribution < 1.29 is 0 Å². The molecular weight excluding hydrogens is 769 g/mol. The minimum Gasteiger partial charge on any atom is -0.0622 e. The average Bonchev–Trinajstić information content (AvgIpc) is 3.36. The van der Waals surface area contributed by atoms with Crippen LogP contribution >= 0.6 is 0 Å². The van der Waals surface area contributed by atoms with Crippen molar-refractivity contribution in [2.24, 2.45) is 0 Å². The molecule has 0 radical (unpaired) electrons. The lowest BCUT2D eigenvalue weighted by Gasteiger charge is -2.20. The molecule has 0 amide bonds. The third-order valence-electron chi connectivity index (χ3n) is 13.6. The van der Waals surface area contributed by atoms with Gasteiger partial charge in [-0.2, -0.15) is 0 Å². The summed E-state index contributed by atoms with van der Waals surface area (Å²) in [5.74, 6) is 0. The first-order valence-corrected chi connectivity index (χ1v) is 22.2. The molecule has 0 heterocycles. The van der Waals surface area contributed by atoms with Crippen LogP contribution in [0.3, 0.4) is 0 Å². The van der Waals surface area contributed by atoms with Crippen molar-refractivity contribution in [1.29, 1.82) is 0 Å². The van der Waals surface area contributed by atoms with Crippen LogP contribution in [0.5, 0.6) is 0 Å². The summed E-state index contributed by atoms with van der Waals surface area (Å²) in [6.07, 6.45) is 0. The summed E-state index contributed by atoms with van der Waals surface area (Å²) in [5.41, 5.74) is 12.4. The van der Waals surface area contributed by atoms with Crippen LogP contribution in [0.15, 0.2) is 243 Å². The zero-order valence-electron chi connectivity index (χ0n) is 35.1. The molecule has 64 heavy (non-hydrogen) atoms. The van der Waals surface area contributed by atoms with Gasteiger partial charge in [-0.25, -0.2) is 0 Å². The van der Waals surface area contributed by atoms with Gasteiger partial charge in [-0.3, -0.25) is 0 Å². The minimum atomic E-state index is 1.19. The van der Waals surface area contributed by atoms with E-state index in [0.29, 0.717) is 0 Å². The Morgan fingerprint density at radius 3 is 0.984 bits per heavy atom. The number of hydrogen-bond acceptors (Lipinski definition) is 0. The first-order chi connectivity index (χ1) is 31.8. The summed E-state index contributed by atoms with van der Waals surface area (Å²) in [6.45, 7) is 0. The van der Waals surface area contributed by atoms with E-state index in [1.54, 1.807) is 0 Å². The van der Waals surface area contributed by atoms with E-state index in [1.165, 1.54) is 131 Å². The maximum absolute atomic E-state index is 2.44. The first kappa shape index (κ1) is 36.3. The summed E-state index contributed by atoms with van der Waals surface area (Å²) < 4.78 is 0. The van der Waals surface area contributed by atoms with Gasteiger partial charge in [0.2, 0.25) is 0 Å². The molecule has 13 aromatic rings. The van der Waals surface area contributed by atoms with E-state index in [2.05, 4.69) is 243 Å². The lowest BCUT2D eigenvalue weighted by Crippen LogP contribution is -1.93. The quantitative estimate of drug-likeness (QED) is 0.120. The van der Waals surface area contributed by atoms with E-state index in [9.17, 15) is 0 Å². The molecule has 0 nitrogen and oxygen atoms in total. The van der Waals surface area contributed by atoms with Crippen molar-refractivity contribution in [1.82, 2.24) is 0 Å². The Kier molecular flexibility index (Phi) is 8.32. The first-order valence-electron chi connectivity index (χ1n) is 22.2. The molecule has 0 fully saturated rings. The van der Waals surface area contributed by atoms with Crippen LogP contribution in [0.4, 0.5) is 0 Å². The molecule has 0 aromatic heterocycles. The highest BCUT2D eigenvalue weighted by Crippen LogP contribution is 2.48. The molecule has 0 heteroatoms. The summed E-state index contributed by atoms with van der Waals surface area (Å²) in [5, 5.41) is 17.7. The van der Waals surface area contributed by atoms with Gasteiger partial charge in [0, 0.05) is 0 Å². The molecule has 13 aromatic carbocycles. The highest BCUT2D eigenvalue weighted by atomic mass is 14.2. The molecule has 0 spiro atoms. The van der Waals surface area contributed by atoms with Gasteiger partial charge in [-0.1, -0.05) is 212 Å². The summed E-state index contributed by atoms with van der Waals surface area (Å²) in [4.78, 5) is 0. The highest BCUT2D eigenvalue weighted by Gasteiger charge is 2.21. The van der Waals surface area contributed by atoms with E-state index in [1.807, 2.05) is 0 Å². The van der Waals surface area contributed by atoms with Crippen LogP contribution in [0, 0.1) is 0 Å². The molecule has 0 saturated heterocycles. The fourth-order valence-corrected chi connectivity index (χ4v) is 10.8. The largest absolute Gasteiger partial charge is 0.0622 e. The molecule has 0 N–H and O–H groups in total. The predicted octanol–water partition coefficient (Wildman–Crippen LogP) is 18.1. The van der Waals surface area contributed by atoms with Crippen LogP contribution < -0.4 is 0 Å². The van der Waals surface area contributed by atoms with Crippen molar-refractivity contribution in [2.45, 2.75) is 0 Å². The van der Waals surface area contributed by atoms with E-state index in [-0.39, 0.29) is 0 Å². The van der Waals surface area contributed by atoms with E-state index in [0.717, 1.165) is 0 Å². The minimum absolute atomic E-state index is 1.19. The lowest BCUT2D eigenvalue weighted by atomic mass is 9.83. The van der Waals surface area contributed by atoms with Crippen molar-refractivity contribution in [3.05, 3.63) is 243 Å². The fraction of sp³-hybridized carbons (Fsp3) is 0. The Hall–Kier alpha value is -8.32. The van der Waals surface area contributed by atoms with Crippen LogP contribution in [-0.2, 0) is 0 Å². The van der Waals surface area contributed by atoms with Gasteiger partial charge in [-0.15, -0.1) is 0 Å². The smallest absolute Gasteiger partial charge is 0.00199 e. The van der Waals surface area contributed by atoms with E-state index >= 15 is 0 Å². The Morgan fingerprint density at radius 1 is 0.156 bits per heavy atom. The summed E-state index contributed by atoms with van der Waals surface area (Å²) in [7, 11) is 0. The fourth-order valence-electron chi connectivity index (χ4n) is 10.8. The van der Waals surface area contributed by atoms with E-state index in [4.69, 9.17) is 0 Å². The monoisotopic (exact) mass is 808 g/mol. The van der Waals surface area contributed by atoms with Crippen LogP contribution in [0.25, 0.3) is 131 Å². The number of fused-ring (bicyclic) bond motifs is 8. The Balaban J connectivity index is 1.00. The molecule has 0 aliphatic rings. The Morgan fingerprint density at radius 2 is 0.500 bits per heavy atom. The van der Waals surface area contributed by atoms with Crippen LogP contribution in [0.1, 0.15) is 0 Å². The molecule has 0 bridgehead atoms. The molecule has 13 rings (SSSR count). The summed E-state index contributed by atoms with van der Waals surface area (Å²) >= 11 is 0. The average molecular weight is 809 g/mol. The number of hydrogen-bond donors (Lipinski definition) is 0. The molecule has 0 unspecified atom stereocenters. The van der Waals surface area contributed by atoms with Gasteiger partial charge in [0.25, 0.3) is 0 Å². The van der Waals surface area contributed by atoms with Gasteiger partial charge in [0.15, 0.2) is 0 Å². The molecule has 0 aliphatic carbocycles. The second-order valence-corrected chi connectivity index (χ2v) is 17.1. The molecule has 0 saturated carbocycles. The topological polar surface area (TPSA) is 0 Å². The van der Waals surface area contributed by atoms with Gasteiger partial charge >= 0.3 is 0 Å². The second-order valence-electron chi connectivity index (χ2n) is 17.1. The number of benzene rings is 13. The SMILES string of the molecule is c1ccc(-c2c3ccccc3c(-c3cccc(-c4cccc(-c5c6ccccc6c(-c6cc7cc8ccccc8cc7c7ccccc67)c6ccccc56)c4)c3)c3ccccc23)cc1. The Labute approximate surface area is 371 Å². The normalized spacial score (nSPS) is 11.8. The maximum atomic E-state index is 2.44. The molecule has 0 atom stereocenters. The highest BCUT2D eigenvalue weighted by molar-refractivity contribution is 6.27. The lowest BCUT2D eigenvalue weighted by molar-refractivity contribution is 1.60. The molecular formula is C64H40. The van der Waals surface area contributed by atoms with E-state index < -0.39 is 0 Å². The van der Waals surface area contributed by atoms with Crippen molar-refractivity contribution in [3.8, 4) is 55.6 Å². The third kappa shape index (κ3) is 5.70. The Bertz CT molecular complexity index is 3890. The molecule has 296 valence electrons. The summed E-state index contributed by atoms with van der Waals surface area (Å²) in [6, 6.07) is 89.9. The number of rotatable bonds is 5. The predicted molar refractivity (Wildman–Crippen MR) is 276 cm³/mol. The van der Waals surface area contributed by atoms with Crippen LogP contribution in [0.2, 0.25) is 0 Å². The second kappa shape index (κ2) is 14.7. The van der Waals surface area contributed by atoms with Gasteiger partial charge < -0.3 is 0 Å². The van der Waals surface area contributed by atoms with Crippen molar-refractivity contribution in [3.63, 3.8) is 0 Å². The van der Waals surface area contributed by atoms with Gasteiger partial charge in [0.05, 0.1) is 0 Å². The van der Waals surface area contributed by atoms with Crippen molar-refractivity contribution >= 4 is 75.4 Å². The molecule has 0 aliphatic heterocycles. The van der Waals surface area contributed by atoms with Crippen LogP contribution in [-0.4, -0.2) is 0 Å². The van der Waals surface area contributed by atoms with Gasteiger partial charge in [-0.05, 0) is 161 Å². The zero-order valence-corrected chi connectivity index (χ0v) is 35.1. The van der Waals surface area contributed by atoms with Gasteiger partial charge in [0.1, 0.15) is 0 Å². The zero-order chi connectivity index (χ0) is 42.1. The third-order valence-corrected chi connectivity index (χ3v) is 13.6. The standard InChI is InChI=1S/C64H40/c1-2-18-41(19-3-1)61-51-28-8-10-30-53(51)62(54-31-11-9-29-52(54)61)46-24-16-22-43(36-46)44-23-17-25-47(37-44)63-55-32-12-14-34-57(55)64(58-35-15-13-33-56(58)63)60-40-48-38-42-20-4-5-21-45(42)39-59(48)49-26-6-7-27-50(49)60/h1-40H. The maximum Gasteiger partial charge on any atom is -0.00199 e.